The maximum atomic E-state index is 11.6. The summed E-state index contributed by atoms with van der Waals surface area (Å²) in [6.45, 7) is 8.59. The Morgan fingerprint density at radius 3 is 2.00 bits per heavy atom. The zero-order chi connectivity index (χ0) is 14.3. The fourth-order valence-corrected chi connectivity index (χ4v) is 1.37. The molecule has 0 aliphatic carbocycles. The molecule has 18 heavy (non-hydrogen) atoms. The Bertz CT molecular complexity index is 284. The molecule has 0 saturated heterocycles. The van der Waals surface area contributed by atoms with Gasteiger partial charge in [-0.1, -0.05) is 6.92 Å². The van der Waals surface area contributed by atoms with E-state index in [0.29, 0.717) is 19.5 Å². The van der Waals surface area contributed by atoms with Crippen LogP contribution in [0, 0.1) is 0 Å². The molecule has 0 N–H and O–H groups in total. The van der Waals surface area contributed by atoms with Crippen LogP contribution in [-0.4, -0.2) is 54.6 Å². The molecule has 106 valence electrons. The van der Waals surface area contributed by atoms with Gasteiger partial charge in [0, 0.05) is 33.6 Å². The van der Waals surface area contributed by atoms with Gasteiger partial charge >= 0.3 is 6.09 Å². The first-order valence-corrected chi connectivity index (χ1v) is 6.35. The van der Waals surface area contributed by atoms with Gasteiger partial charge in [0.15, 0.2) is 0 Å². The molecule has 0 spiro atoms. The molecular weight excluding hydrogens is 232 g/mol. The highest BCUT2D eigenvalue weighted by Gasteiger charge is 2.19. The monoisotopic (exact) mass is 258 g/mol. The van der Waals surface area contributed by atoms with Crippen molar-refractivity contribution in [1.82, 2.24) is 9.80 Å². The van der Waals surface area contributed by atoms with Crippen molar-refractivity contribution in [3.63, 3.8) is 0 Å². The zero-order valence-electron chi connectivity index (χ0n) is 12.4. The molecule has 0 fully saturated rings. The van der Waals surface area contributed by atoms with E-state index in [1.807, 2.05) is 27.7 Å². The van der Waals surface area contributed by atoms with Crippen molar-refractivity contribution < 1.29 is 14.3 Å². The maximum absolute atomic E-state index is 11.6. The molecule has 2 amide bonds. The van der Waals surface area contributed by atoms with E-state index >= 15 is 0 Å². The fourth-order valence-electron chi connectivity index (χ4n) is 1.37. The van der Waals surface area contributed by atoms with Crippen LogP contribution in [0.4, 0.5) is 4.79 Å². The van der Waals surface area contributed by atoms with Gasteiger partial charge < -0.3 is 14.5 Å². The Morgan fingerprint density at radius 1 is 1.06 bits per heavy atom. The quantitative estimate of drug-likeness (QED) is 0.759. The second-order valence-electron chi connectivity index (χ2n) is 5.42. The summed E-state index contributed by atoms with van der Waals surface area (Å²) < 4.78 is 5.23. The first kappa shape index (κ1) is 16.7. The fraction of sp³-hybridized carbons (Fsp3) is 0.846. The Labute approximate surface area is 110 Å². The summed E-state index contributed by atoms with van der Waals surface area (Å²) in [5.74, 6) is 0.120. The largest absolute Gasteiger partial charge is 0.444 e. The summed E-state index contributed by atoms with van der Waals surface area (Å²) in [5.41, 5.74) is -0.472. The van der Waals surface area contributed by atoms with Crippen molar-refractivity contribution in [1.29, 1.82) is 0 Å². The Kier molecular flexibility index (Phi) is 6.73. The molecule has 0 aromatic rings. The second kappa shape index (κ2) is 7.24. The second-order valence-corrected chi connectivity index (χ2v) is 5.42. The minimum Gasteiger partial charge on any atom is -0.444 e. The molecule has 0 aliphatic rings. The molecule has 5 nitrogen and oxygen atoms in total. The average Bonchev–Trinajstić information content (AvgIpc) is 2.25. The molecule has 0 bridgehead atoms. The van der Waals surface area contributed by atoms with E-state index in [0.717, 1.165) is 6.42 Å². The van der Waals surface area contributed by atoms with Crippen molar-refractivity contribution in [3.8, 4) is 0 Å². The van der Waals surface area contributed by atoms with Crippen LogP contribution in [0.5, 0.6) is 0 Å². The molecule has 0 saturated carbocycles. The normalized spacial score (nSPS) is 11.0. The van der Waals surface area contributed by atoms with Crippen LogP contribution in [0.2, 0.25) is 0 Å². The van der Waals surface area contributed by atoms with Gasteiger partial charge in [-0.05, 0) is 27.2 Å². The summed E-state index contributed by atoms with van der Waals surface area (Å²) in [5, 5.41) is 0. The number of nitrogens with zero attached hydrogens (tertiary/aromatic N) is 2. The van der Waals surface area contributed by atoms with Gasteiger partial charge in [0.2, 0.25) is 5.91 Å². The van der Waals surface area contributed by atoms with Crippen LogP contribution in [0.25, 0.3) is 0 Å². The summed E-state index contributed by atoms with van der Waals surface area (Å²) in [6, 6.07) is 0. The van der Waals surface area contributed by atoms with Crippen LogP contribution < -0.4 is 0 Å². The molecule has 0 aromatic carbocycles. The van der Waals surface area contributed by atoms with E-state index in [1.54, 1.807) is 19.0 Å². The lowest BCUT2D eigenvalue weighted by Crippen LogP contribution is -2.36. The van der Waals surface area contributed by atoms with Gasteiger partial charge in [-0.2, -0.15) is 0 Å². The van der Waals surface area contributed by atoms with Crippen LogP contribution >= 0.6 is 0 Å². The lowest BCUT2D eigenvalue weighted by molar-refractivity contribution is -0.129. The standard InChI is InChI=1S/C13H26N2O3/c1-7-11(16)14(5)9-8-10-15(6)12(17)18-13(2,3)4/h7-10H2,1-6H3. The third kappa shape index (κ3) is 7.14. The molecule has 0 aromatic heterocycles. The molecule has 0 heterocycles. The van der Waals surface area contributed by atoms with Crippen LogP contribution in [0.1, 0.15) is 40.5 Å². The van der Waals surface area contributed by atoms with Gasteiger partial charge in [-0.25, -0.2) is 4.79 Å². The third-order valence-corrected chi connectivity index (χ3v) is 2.42. The molecule has 0 radical (unpaired) electrons. The topological polar surface area (TPSA) is 49.9 Å². The number of amides is 2. The van der Waals surface area contributed by atoms with Gasteiger partial charge in [-0.15, -0.1) is 0 Å². The Morgan fingerprint density at radius 2 is 1.56 bits per heavy atom. The number of hydrogen-bond donors (Lipinski definition) is 0. The van der Waals surface area contributed by atoms with E-state index in [4.69, 9.17) is 4.74 Å². The summed E-state index contributed by atoms with van der Waals surface area (Å²) >= 11 is 0. The number of carbonyl (C=O) groups excluding carboxylic acids is 2. The lowest BCUT2D eigenvalue weighted by Gasteiger charge is -2.25. The molecule has 0 unspecified atom stereocenters. The minimum absolute atomic E-state index is 0.120. The van der Waals surface area contributed by atoms with Crippen molar-refractivity contribution in [2.45, 2.75) is 46.1 Å². The number of hydrogen-bond acceptors (Lipinski definition) is 3. The van der Waals surface area contributed by atoms with E-state index in [9.17, 15) is 9.59 Å². The predicted molar refractivity (Wildman–Crippen MR) is 71.4 cm³/mol. The molecule has 0 rings (SSSR count). The van der Waals surface area contributed by atoms with E-state index in [1.165, 1.54) is 4.90 Å². The molecule has 0 aliphatic heterocycles. The van der Waals surface area contributed by atoms with Gasteiger partial charge in [-0.3, -0.25) is 4.79 Å². The highest BCUT2D eigenvalue weighted by molar-refractivity contribution is 5.75. The van der Waals surface area contributed by atoms with Crippen LogP contribution in [0.3, 0.4) is 0 Å². The SMILES string of the molecule is CCC(=O)N(C)CCCN(C)C(=O)OC(C)(C)C. The van der Waals surface area contributed by atoms with E-state index in [2.05, 4.69) is 0 Å². The molecular formula is C13H26N2O3. The molecule has 0 atom stereocenters. The summed E-state index contributed by atoms with van der Waals surface area (Å²) in [6.07, 6.45) is 0.933. The van der Waals surface area contributed by atoms with Crippen LogP contribution in [-0.2, 0) is 9.53 Å². The summed E-state index contributed by atoms with van der Waals surface area (Å²) in [7, 11) is 3.48. The zero-order valence-corrected chi connectivity index (χ0v) is 12.4. The smallest absolute Gasteiger partial charge is 0.410 e. The Hall–Kier alpha value is -1.26. The van der Waals surface area contributed by atoms with Crippen molar-refractivity contribution >= 4 is 12.0 Å². The highest BCUT2D eigenvalue weighted by Crippen LogP contribution is 2.09. The third-order valence-electron chi connectivity index (χ3n) is 2.42. The maximum Gasteiger partial charge on any atom is 0.410 e. The summed E-state index contributed by atoms with van der Waals surface area (Å²) in [4.78, 5) is 26.2. The highest BCUT2D eigenvalue weighted by atomic mass is 16.6. The Balaban J connectivity index is 3.93. The van der Waals surface area contributed by atoms with Crippen molar-refractivity contribution in [2.24, 2.45) is 0 Å². The first-order valence-electron chi connectivity index (χ1n) is 6.35. The van der Waals surface area contributed by atoms with Crippen molar-refractivity contribution in [2.75, 3.05) is 27.2 Å². The first-order chi connectivity index (χ1) is 8.17. The number of rotatable bonds is 5. The predicted octanol–water partition coefficient (Wildman–Crippen LogP) is 2.11. The molecule has 5 heteroatoms. The van der Waals surface area contributed by atoms with Gasteiger partial charge in [0.25, 0.3) is 0 Å². The lowest BCUT2D eigenvalue weighted by atomic mass is 10.2. The number of carbonyl (C=O) groups is 2. The van der Waals surface area contributed by atoms with E-state index < -0.39 is 5.60 Å². The van der Waals surface area contributed by atoms with Crippen molar-refractivity contribution in [3.05, 3.63) is 0 Å². The average molecular weight is 258 g/mol. The van der Waals surface area contributed by atoms with E-state index in [-0.39, 0.29) is 12.0 Å². The van der Waals surface area contributed by atoms with Gasteiger partial charge in [0.1, 0.15) is 5.60 Å². The number of ether oxygens (including phenoxy) is 1. The minimum atomic E-state index is -0.472. The van der Waals surface area contributed by atoms with Gasteiger partial charge in [0.05, 0.1) is 0 Å². The van der Waals surface area contributed by atoms with Crippen LogP contribution in [0.15, 0.2) is 0 Å².